The summed E-state index contributed by atoms with van der Waals surface area (Å²) in [7, 11) is -1.97. The number of aromatic nitrogens is 2. The number of benzene rings is 1. The zero-order valence-corrected chi connectivity index (χ0v) is 19.3. The lowest BCUT2D eigenvalue weighted by atomic mass is 9.77. The Kier molecular flexibility index (Phi) is 5.81. The second-order valence-electron chi connectivity index (χ2n) is 9.07. The second kappa shape index (κ2) is 8.39. The molecule has 11 heteroatoms. The van der Waals surface area contributed by atoms with Crippen LogP contribution in [0.3, 0.4) is 0 Å². The van der Waals surface area contributed by atoms with Crippen molar-refractivity contribution in [3.05, 3.63) is 40.5 Å². The molecule has 0 spiro atoms. The van der Waals surface area contributed by atoms with Gasteiger partial charge in [-0.1, -0.05) is 23.7 Å². The third-order valence-corrected chi connectivity index (χ3v) is 8.58. The van der Waals surface area contributed by atoms with Gasteiger partial charge in [-0.05, 0) is 43.4 Å². The molecular weight excluding hydrogens is 477 g/mol. The van der Waals surface area contributed by atoms with Crippen LogP contribution in [0.5, 0.6) is 0 Å². The van der Waals surface area contributed by atoms with E-state index in [0.29, 0.717) is 30.8 Å². The molecule has 2 unspecified atom stereocenters. The maximum Gasteiger partial charge on any atom is 0.302 e. The molecule has 1 aromatic heterocycles. The van der Waals surface area contributed by atoms with Crippen molar-refractivity contribution in [3.8, 4) is 0 Å². The van der Waals surface area contributed by atoms with Crippen molar-refractivity contribution in [2.75, 3.05) is 35.7 Å². The van der Waals surface area contributed by atoms with Crippen LogP contribution in [0, 0.1) is 0 Å². The van der Waals surface area contributed by atoms with Crippen LogP contribution in [0.25, 0.3) is 0 Å². The molecule has 1 aliphatic carbocycles. The highest BCUT2D eigenvalue weighted by Crippen LogP contribution is 2.45. The van der Waals surface area contributed by atoms with Crippen LogP contribution in [0.4, 0.5) is 24.9 Å². The van der Waals surface area contributed by atoms with Gasteiger partial charge in [-0.15, -0.1) is 0 Å². The molecule has 0 radical (unpaired) electrons. The molecule has 1 saturated carbocycles. The predicted octanol–water partition coefficient (Wildman–Crippen LogP) is 4.00. The SMILES string of the molecule is O=[S@@]1CC(F)(F)c2nc(N3CCC(c4ccc(Cl)cc4)C(F)C3)nc(NC3(CO)CCC3)c21. The van der Waals surface area contributed by atoms with Crippen molar-refractivity contribution in [2.45, 2.75) is 54.1 Å². The molecular formula is C22H24ClF3N4O2S. The molecule has 1 aromatic carbocycles. The van der Waals surface area contributed by atoms with E-state index in [-0.39, 0.29) is 35.7 Å². The zero-order valence-electron chi connectivity index (χ0n) is 17.7. The first-order valence-electron chi connectivity index (χ1n) is 10.9. The topological polar surface area (TPSA) is 78.4 Å². The molecule has 0 amide bonds. The predicted molar refractivity (Wildman–Crippen MR) is 120 cm³/mol. The smallest absolute Gasteiger partial charge is 0.302 e. The van der Waals surface area contributed by atoms with E-state index in [1.165, 1.54) is 0 Å². The van der Waals surface area contributed by atoms with Gasteiger partial charge < -0.3 is 15.3 Å². The number of nitrogens with one attached hydrogen (secondary N) is 1. The summed E-state index contributed by atoms with van der Waals surface area (Å²) in [4.78, 5) is 9.94. The first kappa shape index (κ1) is 22.9. The molecule has 2 fully saturated rings. The molecule has 3 heterocycles. The Bertz CT molecular complexity index is 1080. The number of fused-ring (bicyclic) bond motifs is 1. The Hall–Kier alpha value is -1.91. The van der Waals surface area contributed by atoms with Gasteiger partial charge in [0.05, 0.1) is 35.2 Å². The minimum absolute atomic E-state index is 0.0144. The molecule has 3 atom stereocenters. The quantitative estimate of drug-likeness (QED) is 0.646. The summed E-state index contributed by atoms with van der Waals surface area (Å²) in [6.45, 7) is 0.139. The van der Waals surface area contributed by atoms with Crippen LogP contribution in [-0.4, -0.2) is 56.4 Å². The number of aliphatic hydroxyl groups is 1. The molecule has 2 N–H and O–H groups in total. The standard InChI is InChI=1S/C22H24ClF3N4O2S/c23-14-4-2-13(3-5-14)15-6-9-30(10-16(15)24)20-27-18-17(33(32)12-22(18,25)26)19(28-20)29-21(11-31)7-1-8-21/h2-5,15-16,31H,1,6-12H2,(H,27,28,29)/t15?,16?,33-/m1/s1. The van der Waals surface area contributed by atoms with Crippen molar-refractivity contribution in [1.29, 1.82) is 0 Å². The van der Waals surface area contributed by atoms with Gasteiger partial charge in [-0.3, -0.25) is 4.21 Å². The Morgan fingerprint density at radius 2 is 1.97 bits per heavy atom. The summed E-state index contributed by atoms with van der Waals surface area (Å²) in [5.41, 5.74) is -0.414. The highest BCUT2D eigenvalue weighted by molar-refractivity contribution is 7.85. The third kappa shape index (κ3) is 4.10. The van der Waals surface area contributed by atoms with Crippen LogP contribution in [0.2, 0.25) is 5.02 Å². The highest BCUT2D eigenvalue weighted by Gasteiger charge is 2.49. The van der Waals surface area contributed by atoms with Gasteiger partial charge >= 0.3 is 5.92 Å². The molecule has 1 saturated heterocycles. The van der Waals surface area contributed by atoms with E-state index in [1.54, 1.807) is 29.2 Å². The average Bonchev–Trinajstić information content (AvgIpc) is 2.99. The van der Waals surface area contributed by atoms with E-state index in [9.17, 15) is 18.1 Å². The number of halogens is 4. The summed E-state index contributed by atoms with van der Waals surface area (Å²) >= 11 is 5.93. The van der Waals surface area contributed by atoms with Gasteiger partial charge in [-0.2, -0.15) is 13.8 Å². The Morgan fingerprint density at radius 3 is 2.58 bits per heavy atom. The summed E-state index contributed by atoms with van der Waals surface area (Å²) in [6, 6.07) is 7.03. The van der Waals surface area contributed by atoms with E-state index in [1.807, 2.05) is 0 Å². The lowest BCUT2D eigenvalue weighted by Gasteiger charge is -2.42. The number of nitrogens with zero attached hydrogens (tertiary/aromatic N) is 3. The van der Waals surface area contributed by atoms with Crippen molar-refractivity contribution in [3.63, 3.8) is 0 Å². The number of anilines is 2. The maximum absolute atomic E-state index is 15.2. The largest absolute Gasteiger partial charge is 0.394 e. The first-order chi connectivity index (χ1) is 15.7. The van der Waals surface area contributed by atoms with E-state index in [0.717, 1.165) is 12.0 Å². The lowest BCUT2D eigenvalue weighted by molar-refractivity contribution is 0.0191. The molecule has 2 aromatic rings. The third-order valence-electron chi connectivity index (χ3n) is 6.86. The van der Waals surface area contributed by atoms with E-state index in [4.69, 9.17) is 11.6 Å². The number of hydrogen-bond donors (Lipinski definition) is 2. The number of hydrogen-bond acceptors (Lipinski definition) is 6. The van der Waals surface area contributed by atoms with Crippen molar-refractivity contribution < 1.29 is 22.5 Å². The number of alkyl halides is 3. The van der Waals surface area contributed by atoms with Gasteiger partial charge in [0.25, 0.3) is 0 Å². The summed E-state index contributed by atoms with van der Waals surface area (Å²) < 4.78 is 57.0. The zero-order chi connectivity index (χ0) is 23.4. The van der Waals surface area contributed by atoms with E-state index < -0.39 is 39.9 Å². The van der Waals surface area contributed by atoms with Gasteiger partial charge in [-0.25, -0.2) is 9.37 Å². The maximum atomic E-state index is 15.2. The summed E-state index contributed by atoms with van der Waals surface area (Å²) in [6.07, 6.45) is 1.39. The van der Waals surface area contributed by atoms with Crippen LogP contribution in [-0.2, 0) is 16.7 Å². The minimum Gasteiger partial charge on any atom is -0.394 e. The fraction of sp³-hybridized carbons (Fsp3) is 0.545. The number of rotatable bonds is 5. The summed E-state index contributed by atoms with van der Waals surface area (Å²) in [5, 5.41) is 13.5. The fourth-order valence-electron chi connectivity index (χ4n) is 4.78. The number of aliphatic hydroxyl groups excluding tert-OH is 1. The first-order valence-corrected chi connectivity index (χ1v) is 12.6. The van der Waals surface area contributed by atoms with E-state index in [2.05, 4.69) is 15.3 Å². The monoisotopic (exact) mass is 500 g/mol. The van der Waals surface area contributed by atoms with Crippen LogP contribution in [0.15, 0.2) is 29.2 Å². The molecule has 6 nitrogen and oxygen atoms in total. The van der Waals surface area contributed by atoms with Gasteiger partial charge in [0.2, 0.25) is 5.95 Å². The Labute approximate surface area is 197 Å². The molecule has 5 rings (SSSR count). The molecule has 3 aliphatic rings. The second-order valence-corrected chi connectivity index (χ2v) is 10.9. The minimum atomic E-state index is -3.36. The van der Waals surface area contributed by atoms with E-state index >= 15 is 4.39 Å². The van der Waals surface area contributed by atoms with Gasteiger partial charge in [0.1, 0.15) is 22.6 Å². The van der Waals surface area contributed by atoms with Crippen molar-refractivity contribution in [1.82, 2.24) is 9.97 Å². The normalized spacial score (nSPS) is 27.7. The fourth-order valence-corrected chi connectivity index (χ4v) is 6.24. The molecule has 33 heavy (non-hydrogen) atoms. The van der Waals surface area contributed by atoms with Crippen LogP contribution in [0.1, 0.15) is 42.9 Å². The molecule has 178 valence electrons. The highest BCUT2D eigenvalue weighted by atomic mass is 35.5. The molecule has 0 bridgehead atoms. The summed E-state index contributed by atoms with van der Waals surface area (Å²) in [5.74, 6) is -4.52. The van der Waals surface area contributed by atoms with Crippen molar-refractivity contribution >= 4 is 34.2 Å². The average molecular weight is 501 g/mol. The number of piperidine rings is 1. The Balaban J connectivity index is 1.46. The Morgan fingerprint density at radius 1 is 1.24 bits per heavy atom. The lowest BCUT2D eigenvalue weighted by Crippen LogP contribution is -2.49. The van der Waals surface area contributed by atoms with Gasteiger partial charge in [0.15, 0.2) is 0 Å². The van der Waals surface area contributed by atoms with Gasteiger partial charge in [0, 0.05) is 17.5 Å². The van der Waals surface area contributed by atoms with Crippen LogP contribution >= 0.6 is 11.6 Å². The van der Waals surface area contributed by atoms with Crippen LogP contribution < -0.4 is 10.2 Å². The molecule has 2 aliphatic heterocycles. The van der Waals surface area contributed by atoms with Crippen molar-refractivity contribution in [2.24, 2.45) is 0 Å².